The van der Waals surface area contributed by atoms with Crippen molar-refractivity contribution < 1.29 is 24.2 Å². The fourth-order valence-corrected chi connectivity index (χ4v) is 4.93. The van der Waals surface area contributed by atoms with Crippen LogP contribution in [-0.2, 0) is 9.53 Å². The van der Waals surface area contributed by atoms with Crippen molar-refractivity contribution in [3.8, 4) is 11.1 Å². The van der Waals surface area contributed by atoms with E-state index in [2.05, 4.69) is 34.6 Å². The van der Waals surface area contributed by atoms with E-state index in [0.29, 0.717) is 18.7 Å². The number of amides is 2. The highest BCUT2D eigenvalue weighted by Gasteiger charge is 2.33. The molecule has 1 saturated heterocycles. The highest BCUT2D eigenvalue weighted by molar-refractivity contribution is 5.95. The maximum absolute atomic E-state index is 12.8. The van der Waals surface area contributed by atoms with Crippen molar-refractivity contribution in [2.24, 2.45) is 0 Å². The average Bonchev–Trinajstić information content (AvgIpc) is 3.21. The second kappa shape index (κ2) is 9.58. The number of nitrogens with zero attached hydrogens (tertiary/aromatic N) is 2. The van der Waals surface area contributed by atoms with Crippen LogP contribution in [0.15, 0.2) is 66.9 Å². The summed E-state index contributed by atoms with van der Waals surface area (Å²) in [6.45, 7) is 0.576. The first-order chi connectivity index (χ1) is 17.0. The largest absolute Gasteiger partial charge is 0.480 e. The molecule has 1 fully saturated rings. The van der Waals surface area contributed by atoms with Crippen molar-refractivity contribution in [3.63, 3.8) is 0 Å². The Morgan fingerprint density at radius 2 is 1.66 bits per heavy atom. The topological polar surface area (TPSA) is 109 Å². The summed E-state index contributed by atoms with van der Waals surface area (Å²) in [5.41, 5.74) is 5.08. The van der Waals surface area contributed by atoms with Gasteiger partial charge in [-0.3, -0.25) is 10.1 Å². The number of nitrogens with one attached hydrogen (secondary N) is 1. The van der Waals surface area contributed by atoms with Crippen LogP contribution in [0.2, 0.25) is 0 Å². The quantitative estimate of drug-likeness (QED) is 0.566. The zero-order valence-electron chi connectivity index (χ0n) is 19.0. The van der Waals surface area contributed by atoms with Gasteiger partial charge in [0.2, 0.25) is 0 Å². The number of rotatable bonds is 5. The highest BCUT2D eigenvalue weighted by atomic mass is 16.5. The predicted octanol–water partition coefficient (Wildman–Crippen LogP) is 4.52. The number of anilines is 1. The van der Waals surface area contributed by atoms with Gasteiger partial charge < -0.3 is 14.7 Å². The molecule has 2 amide bonds. The van der Waals surface area contributed by atoms with Gasteiger partial charge in [-0.25, -0.2) is 14.6 Å². The molecule has 8 nitrogen and oxygen atoms in total. The molecular weight excluding hydrogens is 446 g/mol. The van der Waals surface area contributed by atoms with Crippen LogP contribution >= 0.6 is 0 Å². The van der Waals surface area contributed by atoms with Crippen LogP contribution in [-0.4, -0.2) is 52.2 Å². The SMILES string of the molecule is O=C(Nc1ccc(C(=O)N2CCCCC2C(=O)O)nc1)OCC1c2ccccc2-c2ccccc21. The Kier molecular flexibility index (Phi) is 6.18. The van der Waals surface area contributed by atoms with Gasteiger partial charge in [-0.1, -0.05) is 48.5 Å². The highest BCUT2D eigenvalue weighted by Crippen LogP contribution is 2.44. The number of pyridine rings is 1. The maximum atomic E-state index is 12.8. The number of hydrogen-bond donors (Lipinski definition) is 2. The van der Waals surface area contributed by atoms with Gasteiger partial charge in [0.05, 0.1) is 11.9 Å². The van der Waals surface area contributed by atoms with E-state index in [0.717, 1.165) is 35.1 Å². The Morgan fingerprint density at radius 3 is 2.29 bits per heavy atom. The van der Waals surface area contributed by atoms with E-state index in [1.54, 1.807) is 6.07 Å². The standard InChI is InChI=1S/C27H25N3O5/c31-25(30-14-6-5-11-24(30)26(32)33)23-13-12-17(15-28-23)29-27(34)35-16-22-20-9-3-1-7-18(20)19-8-2-4-10-21(19)22/h1-4,7-10,12-13,15,22,24H,5-6,11,14,16H2,(H,29,34)(H,32,33). The van der Waals surface area contributed by atoms with Crippen molar-refractivity contribution in [2.45, 2.75) is 31.2 Å². The first-order valence-electron chi connectivity index (χ1n) is 11.6. The van der Waals surface area contributed by atoms with Crippen molar-refractivity contribution in [2.75, 3.05) is 18.5 Å². The molecule has 5 rings (SSSR count). The molecular formula is C27H25N3O5. The van der Waals surface area contributed by atoms with Crippen molar-refractivity contribution in [3.05, 3.63) is 83.7 Å². The number of fused-ring (bicyclic) bond motifs is 3. The van der Waals surface area contributed by atoms with Gasteiger partial charge in [-0.05, 0) is 53.6 Å². The van der Waals surface area contributed by atoms with Crippen LogP contribution in [0.3, 0.4) is 0 Å². The van der Waals surface area contributed by atoms with Gasteiger partial charge >= 0.3 is 12.1 Å². The van der Waals surface area contributed by atoms with Crippen LogP contribution in [0.1, 0.15) is 46.8 Å². The molecule has 2 N–H and O–H groups in total. The van der Waals surface area contributed by atoms with E-state index in [-0.39, 0.29) is 18.2 Å². The zero-order valence-corrected chi connectivity index (χ0v) is 19.0. The third-order valence-corrected chi connectivity index (χ3v) is 6.62. The van der Waals surface area contributed by atoms with Gasteiger partial charge in [-0.2, -0.15) is 0 Å². The van der Waals surface area contributed by atoms with Crippen LogP contribution in [0.25, 0.3) is 11.1 Å². The molecule has 1 aliphatic carbocycles. The summed E-state index contributed by atoms with van der Waals surface area (Å²) in [6.07, 6.45) is 2.72. The van der Waals surface area contributed by atoms with E-state index >= 15 is 0 Å². The number of ether oxygens (including phenoxy) is 1. The molecule has 2 aliphatic rings. The van der Waals surface area contributed by atoms with E-state index < -0.39 is 24.0 Å². The molecule has 8 heteroatoms. The van der Waals surface area contributed by atoms with E-state index in [4.69, 9.17) is 4.74 Å². The van der Waals surface area contributed by atoms with Crippen molar-refractivity contribution in [1.82, 2.24) is 9.88 Å². The Bertz CT molecular complexity index is 1230. The summed E-state index contributed by atoms with van der Waals surface area (Å²) in [4.78, 5) is 42.3. The summed E-state index contributed by atoms with van der Waals surface area (Å²) in [5, 5.41) is 12.1. The molecule has 0 radical (unpaired) electrons. The molecule has 0 bridgehead atoms. The molecule has 1 aliphatic heterocycles. The summed E-state index contributed by atoms with van der Waals surface area (Å²) in [7, 11) is 0. The van der Waals surface area contributed by atoms with Crippen molar-refractivity contribution >= 4 is 23.7 Å². The maximum Gasteiger partial charge on any atom is 0.411 e. The summed E-state index contributed by atoms with van der Waals surface area (Å²) < 4.78 is 5.54. The minimum Gasteiger partial charge on any atom is -0.480 e. The number of carbonyl (C=O) groups excluding carboxylic acids is 2. The van der Waals surface area contributed by atoms with Gasteiger partial charge in [0.25, 0.3) is 5.91 Å². The smallest absolute Gasteiger partial charge is 0.411 e. The first kappa shape index (κ1) is 22.6. The summed E-state index contributed by atoms with van der Waals surface area (Å²) in [6, 6.07) is 18.4. The molecule has 1 unspecified atom stereocenters. The Balaban J connectivity index is 1.21. The monoisotopic (exact) mass is 471 g/mol. The predicted molar refractivity (Wildman–Crippen MR) is 129 cm³/mol. The van der Waals surface area contributed by atoms with Gasteiger partial charge in [0.15, 0.2) is 0 Å². The lowest BCUT2D eigenvalue weighted by Crippen LogP contribution is -2.48. The van der Waals surface area contributed by atoms with Gasteiger partial charge in [-0.15, -0.1) is 0 Å². The number of aromatic nitrogens is 1. The van der Waals surface area contributed by atoms with E-state index in [1.807, 2.05) is 24.3 Å². The molecule has 2 aromatic carbocycles. The lowest BCUT2D eigenvalue weighted by atomic mass is 9.98. The Morgan fingerprint density at radius 1 is 0.971 bits per heavy atom. The zero-order chi connectivity index (χ0) is 24.4. The van der Waals surface area contributed by atoms with E-state index in [9.17, 15) is 19.5 Å². The second-order valence-electron chi connectivity index (χ2n) is 8.73. The molecule has 2 heterocycles. The number of piperidine rings is 1. The van der Waals surface area contributed by atoms with Crippen LogP contribution in [0, 0.1) is 0 Å². The lowest BCUT2D eigenvalue weighted by Gasteiger charge is -2.32. The molecule has 0 saturated carbocycles. The lowest BCUT2D eigenvalue weighted by molar-refractivity contribution is -0.143. The van der Waals surface area contributed by atoms with E-state index in [1.165, 1.54) is 17.2 Å². The third-order valence-electron chi connectivity index (χ3n) is 6.62. The van der Waals surface area contributed by atoms with Gasteiger partial charge in [0.1, 0.15) is 18.3 Å². The first-order valence-corrected chi connectivity index (χ1v) is 11.6. The minimum atomic E-state index is -1.01. The van der Waals surface area contributed by atoms with Gasteiger partial charge in [0, 0.05) is 12.5 Å². The fraction of sp³-hybridized carbons (Fsp3) is 0.259. The number of likely N-dealkylation sites (tertiary alicyclic amines) is 1. The molecule has 0 spiro atoms. The second-order valence-corrected chi connectivity index (χ2v) is 8.73. The number of benzene rings is 2. The minimum absolute atomic E-state index is 0.0435. The van der Waals surface area contributed by atoms with Crippen LogP contribution < -0.4 is 5.32 Å². The normalized spacial score (nSPS) is 16.8. The molecule has 3 aromatic rings. The number of carbonyl (C=O) groups is 3. The summed E-state index contributed by atoms with van der Waals surface area (Å²) >= 11 is 0. The number of aliphatic carboxylic acids is 1. The average molecular weight is 472 g/mol. The fourth-order valence-electron chi connectivity index (χ4n) is 4.93. The molecule has 1 atom stereocenters. The van der Waals surface area contributed by atoms with Crippen molar-refractivity contribution in [1.29, 1.82) is 0 Å². The van der Waals surface area contributed by atoms with Crippen LogP contribution in [0.5, 0.6) is 0 Å². The number of carboxylic acid groups (broad SMARTS) is 1. The Hall–Kier alpha value is -4.20. The molecule has 178 valence electrons. The number of carboxylic acids is 1. The molecule has 35 heavy (non-hydrogen) atoms. The van der Waals surface area contributed by atoms with Crippen LogP contribution in [0.4, 0.5) is 10.5 Å². The number of hydrogen-bond acceptors (Lipinski definition) is 5. The summed E-state index contributed by atoms with van der Waals surface area (Å²) in [5.74, 6) is -1.48. The third kappa shape index (κ3) is 4.47. The molecule has 1 aromatic heterocycles. The Labute approximate surface area is 202 Å².